The van der Waals surface area contributed by atoms with Gasteiger partial charge in [0.2, 0.25) is 0 Å². The Morgan fingerprint density at radius 3 is 2.57 bits per heavy atom. The number of carbonyl (C=O) groups is 2. The number of aromatic amines is 1. The third-order valence-corrected chi connectivity index (χ3v) is 4.63. The molecule has 0 unspecified atom stereocenters. The van der Waals surface area contributed by atoms with E-state index in [0.717, 1.165) is 5.56 Å². The standard InChI is InChI=1S/C21H23N5O4/c1-4-8-26-17-15(20(29)25-21(26)30)9-14(11-23-17)19(28)24-16-10-13(7-6-12(16)3)18(27)22-5-2/h6-7,9-11H,4-5,8H2,1-3H3,(H,22,27)(H,24,28)(H,25,29,30). The maximum absolute atomic E-state index is 12.8. The van der Waals surface area contributed by atoms with E-state index in [4.69, 9.17) is 0 Å². The van der Waals surface area contributed by atoms with Crippen molar-refractivity contribution in [3.63, 3.8) is 0 Å². The Labute approximate surface area is 172 Å². The highest BCUT2D eigenvalue weighted by atomic mass is 16.2. The zero-order valence-electron chi connectivity index (χ0n) is 17.0. The highest BCUT2D eigenvalue weighted by molar-refractivity contribution is 6.06. The zero-order chi connectivity index (χ0) is 21.8. The normalized spacial score (nSPS) is 10.8. The van der Waals surface area contributed by atoms with Crippen LogP contribution in [0.1, 0.15) is 46.5 Å². The summed E-state index contributed by atoms with van der Waals surface area (Å²) in [6.45, 7) is 6.43. The van der Waals surface area contributed by atoms with E-state index < -0.39 is 17.2 Å². The van der Waals surface area contributed by atoms with E-state index in [1.54, 1.807) is 18.2 Å². The lowest BCUT2D eigenvalue weighted by Crippen LogP contribution is -2.31. The Morgan fingerprint density at radius 1 is 1.10 bits per heavy atom. The first-order valence-electron chi connectivity index (χ1n) is 9.68. The minimum Gasteiger partial charge on any atom is -0.352 e. The Bertz CT molecular complexity index is 1240. The number of anilines is 1. The molecule has 30 heavy (non-hydrogen) atoms. The quantitative estimate of drug-likeness (QED) is 0.572. The summed E-state index contributed by atoms with van der Waals surface area (Å²) in [6.07, 6.45) is 2.01. The van der Waals surface area contributed by atoms with Gasteiger partial charge in [-0.15, -0.1) is 0 Å². The van der Waals surface area contributed by atoms with Crippen LogP contribution in [0.5, 0.6) is 0 Å². The van der Waals surface area contributed by atoms with Crippen molar-refractivity contribution in [2.75, 3.05) is 11.9 Å². The Kier molecular flexibility index (Phi) is 6.10. The van der Waals surface area contributed by atoms with Gasteiger partial charge in [0.1, 0.15) is 5.65 Å². The van der Waals surface area contributed by atoms with Crippen molar-refractivity contribution >= 4 is 28.5 Å². The third-order valence-electron chi connectivity index (χ3n) is 4.63. The number of hydrogen-bond acceptors (Lipinski definition) is 5. The maximum atomic E-state index is 12.8. The number of nitrogens with zero attached hydrogens (tertiary/aromatic N) is 2. The molecule has 0 fully saturated rings. The average molecular weight is 409 g/mol. The molecule has 0 atom stereocenters. The van der Waals surface area contributed by atoms with Gasteiger partial charge < -0.3 is 10.6 Å². The molecule has 0 bridgehead atoms. The second-order valence-electron chi connectivity index (χ2n) is 6.85. The van der Waals surface area contributed by atoms with Gasteiger partial charge in [-0.3, -0.25) is 23.9 Å². The molecule has 2 amide bonds. The second-order valence-corrected chi connectivity index (χ2v) is 6.85. The summed E-state index contributed by atoms with van der Waals surface area (Å²) in [5, 5.41) is 5.63. The zero-order valence-corrected chi connectivity index (χ0v) is 17.0. The number of pyridine rings is 1. The summed E-state index contributed by atoms with van der Waals surface area (Å²) in [7, 11) is 0. The lowest BCUT2D eigenvalue weighted by Gasteiger charge is -2.12. The van der Waals surface area contributed by atoms with Gasteiger partial charge in [0, 0.05) is 30.5 Å². The van der Waals surface area contributed by atoms with Crippen LogP contribution < -0.4 is 21.9 Å². The van der Waals surface area contributed by atoms with Crippen molar-refractivity contribution < 1.29 is 9.59 Å². The van der Waals surface area contributed by atoms with E-state index in [1.807, 2.05) is 20.8 Å². The average Bonchev–Trinajstić information content (AvgIpc) is 2.72. The molecule has 2 aromatic heterocycles. The van der Waals surface area contributed by atoms with Crippen LogP contribution in [0.15, 0.2) is 40.1 Å². The fourth-order valence-corrected chi connectivity index (χ4v) is 3.08. The van der Waals surface area contributed by atoms with Crippen LogP contribution in [0.3, 0.4) is 0 Å². The van der Waals surface area contributed by atoms with E-state index >= 15 is 0 Å². The van der Waals surface area contributed by atoms with Crippen molar-refractivity contribution in [1.82, 2.24) is 19.9 Å². The topological polar surface area (TPSA) is 126 Å². The molecular weight excluding hydrogens is 386 g/mol. The van der Waals surface area contributed by atoms with Crippen LogP contribution in [-0.2, 0) is 6.54 Å². The van der Waals surface area contributed by atoms with Crippen LogP contribution >= 0.6 is 0 Å². The lowest BCUT2D eigenvalue weighted by atomic mass is 10.1. The first-order chi connectivity index (χ1) is 14.3. The van der Waals surface area contributed by atoms with Gasteiger partial charge in [-0.05, 0) is 44.0 Å². The van der Waals surface area contributed by atoms with Gasteiger partial charge in [0.25, 0.3) is 17.4 Å². The first-order valence-corrected chi connectivity index (χ1v) is 9.68. The van der Waals surface area contributed by atoms with Crippen LogP contribution in [0.2, 0.25) is 0 Å². The summed E-state index contributed by atoms with van der Waals surface area (Å²) >= 11 is 0. The predicted octanol–water partition coefficient (Wildman–Crippen LogP) is 1.81. The van der Waals surface area contributed by atoms with Crippen LogP contribution in [0, 0.1) is 6.92 Å². The number of H-pyrrole nitrogens is 1. The van der Waals surface area contributed by atoms with E-state index in [9.17, 15) is 19.2 Å². The molecule has 3 aromatic rings. The van der Waals surface area contributed by atoms with Gasteiger partial charge in [-0.1, -0.05) is 13.0 Å². The Hall–Kier alpha value is -3.75. The molecule has 1 aromatic carbocycles. The number of fused-ring (bicyclic) bond motifs is 1. The molecular formula is C21H23N5O4. The molecule has 9 nitrogen and oxygen atoms in total. The van der Waals surface area contributed by atoms with Gasteiger partial charge in [0.15, 0.2) is 0 Å². The molecule has 2 heterocycles. The SMILES string of the molecule is CCCn1c(=O)[nH]c(=O)c2cc(C(=O)Nc3cc(C(=O)NCC)ccc3C)cnc21. The predicted molar refractivity (Wildman–Crippen MR) is 114 cm³/mol. The molecule has 0 saturated heterocycles. The van der Waals surface area contributed by atoms with Crippen molar-refractivity contribution in [2.24, 2.45) is 0 Å². The molecule has 0 aliphatic heterocycles. The third kappa shape index (κ3) is 4.14. The first kappa shape index (κ1) is 21.0. The van der Waals surface area contributed by atoms with Crippen molar-refractivity contribution in [1.29, 1.82) is 0 Å². The molecule has 156 valence electrons. The molecule has 0 spiro atoms. The van der Waals surface area contributed by atoms with E-state index in [-0.39, 0.29) is 22.5 Å². The van der Waals surface area contributed by atoms with Gasteiger partial charge in [-0.2, -0.15) is 0 Å². The molecule has 9 heteroatoms. The van der Waals surface area contributed by atoms with E-state index in [2.05, 4.69) is 20.6 Å². The molecule has 3 N–H and O–H groups in total. The van der Waals surface area contributed by atoms with Crippen molar-refractivity contribution in [3.8, 4) is 0 Å². The largest absolute Gasteiger partial charge is 0.352 e. The summed E-state index contributed by atoms with van der Waals surface area (Å²) in [5.74, 6) is -0.714. The fourth-order valence-electron chi connectivity index (χ4n) is 3.08. The molecule has 0 aliphatic carbocycles. The smallest absolute Gasteiger partial charge is 0.329 e. The van der Waals surface area contributed by atoms with Crippen LogP contribution in [-0.4, -0.2) is 32.9 Å². The van der Waals surface area contributed by atoms with Crippen LogP contribution in [0.25, 0.3) is 11.0 Å². The number of nitrogens with one attached hydrogen (secondary N) is 3. The molecule has 3 rings (SSSR count). The summed E-state index contributed by atoms with van der Waals surface area (Å²) in [6, 6.07) is 6.43. The highest BCUT2D eigenvalue weighted by Crippen LogP contribution is 2.18. The highest BCUT2D eigenvalue weighted by Gasteiger charge is 2.15. The van der Waals surface area contributed by atoms with E-state index in [1.165, 1.54) is 16.8 Å². The molecule has 0 saturated carbocycles. The lowest BCUT2D eigenvalue weighted by molar-refractivity contribution is 0.0954. The number of carbonyl (C=O) groups excluding carboxylic acids is 2. The van der Waals surface area contributed by atoms with Gasteiger partial charge in [0.05, 0.1) is 10.9 Å². The second kappa shape index (κ2) is 8.73. The van der Waals surface area contributed by atoms with Crippen LogP contribution in [0.4, 0.5) is 5.69 Å². The number of aryl methyl sites for hydroxylation is 2. The Morgan fingerprint density at radius 2 is 1.87 bits per heavy atom. The monoisotopic (exact) mass is 409 g/mol. The molecule has 0 aliphatic rings. The maximum Gasteiger partial charge on any atom is 0.329 e. The minimum atomic E-state index is -0.598. The number of rotatable bonds is 6. The van der Waals surface area contributed by atoms with Gasteiger partial charge in [-0.25, -0.2) is 9.78 Å². The van der Waals surface area contributed by atoms with Gasteiger partial charge >= 0.3 is 5.69 Å². The minimum absolute atomic E-state index is 0.156. The van der Waals surface area contributed by atoms with Crippen molar-refractivity contribution in [2.45, 2.75) is 33.7 Å². The molecule has 0 radical (unpaired) electrons. The van der Waals surface area contributed by atoms with E-state index in [0.29, 0.717) is 30.8 Å². The fraction of sp³-hybridized carbons (Fsp3) is 0.286. The number of aromatic nitrogens is 3. The van der Waals surface area contributed by atoms with Crippen molar-refractivity contribution in [3.05, 3.63) is 68.0 Å². The Balaban J connectivity index is 1.96. The number of hydrogen-bond donors (Lipinski definition) is 3. The number of amides is 2. The summed E-state index contributed by atoms with van der Waals surface area (Å²) in [5.41, 5.74) is 0.952. The summed E-state index contributed by atoms with van der Waals surface area (Å²) in [4.78, 5) is 55.6. The summed E-state index contributed by atoms with van der Waals surface area (Å²) < 4.78 is 1.37. The number of benzene rings is 1.